The van der Waals surface area contributed by atoms with Crippen LogP contribution in [-0.2, 0) is 11.2 Å². The van der Waals surface area contributed by atoms with Gasteiger partial charge in [-0.1, -0.05) is 55.5 Å². The molecule has 0 fully saturated rings. The zero-order chi connectivity index (χ0) is 20.4. The predicted octanol–water partition coefficient (Wildman–Crippen LogP) is 5.43. The van der Waals surface area contributed by atoms with Crippen LogP contribution < -0.4 is 0 Å². The van der Waals surface area contributed by atoms with E-state index in [4.69, 9.17) is 15.0 Å². The van der Waals surface area contributed by atoms with Crippen LogP contribution in [0.1, 0.15) is 47.4 Å². The summed E-state index contributed by atoms with van der Waals surface area (Å²) in [5.74, 6) is -0.0811. The first kappa shape index (κ1) is 18.9. The minimum absolute atomic E-state index is 0.375. The molecule has 0 unspecified atom stereocenters. The highest BCUT2D eigenvalue weighted by molar-refractivity contribution is 6.06. The molecule has 4 nitrogen and oxygen atoms in total. The molecule has 0 spiro atoms. The third kappa shape index (κ3) is 3.77. The lowest BCUT2D eigenvalue weighted by atomic mass is 9.80. The number of ether oxygens (including phenoxy) is 1. The van der Waals surface area contributed by atoms with E-state index in [1.807, 2.05) is 48.5 Å². The van der Waals surface area contributed by atoms with E-state index >= 15 is 0 Å². The van der Waals surface area contributed by atoms with E-state index in [1.54, 1.807) is 6.92 Å². The summed E-state index contributed by atoms with van der Waals surface area (Å²) in [7, 11) is 0. The summed E-state index contributed by atoms with van der Waals surface area (Å²) < 4.78 is 5.40. The molecule has 144 valence electrons. The van der Waals surface area contributed by atoms with Crippen LogP contribution >= 0.6 is 0 Å². The molecule has 2 atom stereocenters. The highest BCUT2D eigenvalue weighted by Crippen LogP contribution is 2.38. The normalized spacial score (nSPS) is 18.1. The Balaban J connectivity index is 1.94. The Morgan fingerprint density at radius 3 is 2.66 bits per heavy atom. The number of allylic oxidation sites excluding steroid dienone is 1. The molecule has 0 saturated heterocycles. The molecule has 1 aliphatic carbocycles. The molecule has 0 N–H and O–H groups in total. The van der Waals surface area contributed by atoms with Crippen LogP contribution in [0.5, 0.6) is 0 Å². The van der Waals surface area contributed by atoms with Crippen LogP contribution in [0.25, 0.3) is 22.6 Å². The van der Waals surface area contributed by atoms with Crippen molar-refractivity contribution in [2.75, 3.05) is 0 Å². The van der Waals surface area contributed by atoms with E-state index in [1.165, 1.54) is 0 Å². The zero-order valence-electron chi connectivity index (χ0n) is 16.6. The average molecular weight is 382 g/mol. The van der Waals surface area contributed by atoms with Crippen molar-refractivity contribution in [3.05, 3.63) is 77.0 Å². The first-order valence-corrected chi connectivity index (χ1v) is 9.85. The number of hydrogen-bond acceptors (Lipinski definition) is 4. The Bertz CT molecular complexity index is 1140. The fourth-order valence-electron chi connectivity index (χ4n) is 3.97. The fourth-order valence-corrected chi connectivity index (χ4v) is 3.97. The summed E-state index contributed by atoms with van der Waals surface area (Å²) in [6.45, 7) is 3.76. The van der Waals surface area contributed by atoms with Crippen molar-refractivity contribution in [1.82, 2.24) is 4.98 Å². The molecule has 1 aromatic heterocycles. The van der Waals surface area contributed by atoms with Crippen LogP contribution in [0.3, 0.4) is 0 Å². The third-order valence-electron chi connectivity index (χ3n) is 5.23. The number of carbonyl (C=O) groups excluding carboxylic acids is 1. The molecule has 29 heavy (non-hydrogen) atoms. The van der Waals surface area contributed by atoms with Crippen molar-refractivity contribution in [3.63, 3.8) is 0 Å². The van der Waals surface area contributed by atoms with Crippen LogP contribution in [0, 0.1) is 17.2 Å². The molecule has 2 aromatic carbocycles. The van der Waals surface area contributed by atoms with Crippen molar-refractivity contribution in [2.45, 2.75) is 32.8 Å². The third-order valence-corrected chi connectivity index (χ3v) is 5.23. The molecule has 4 rings (SSSR count). The summed E-state index contributed by atoms with van der Waals surface area (Å²) >= 11 is 0. The van der Waals surface area contributed by atoms with Crippen LogP contribution in [0.15, 0.2) is 54.6 Å². The summed E-state index contributed by atoms with van der Waals surface area (Å²) in [6.07, 6.45) is 3.01. The molecule has 1 aliphatic rings. The molecule has 0 bridgehead atoms. The Labute approximate surface area is 170 Å². The van der Waals surface area contributed by atoms with Gasteiger partial charge in [0, 0.05) is 5.39 Å². The van der Waals surface area contributed by atoms with E-state index in [9.17, 15) is 4.79 Å². The molecule has 4 heteroatoms. The van der Waals surface area contributed by atoms with Crippen LogP contribution in [0.4, 0.5) is 0 Å². The zero-order valence-corrected chi connectivity index (χ0v) is 16.6. The SMILES string of the molecule is C[C@H]1C/C(=C\c2ccccc2)c2nc3ccccc3c(C(=O)O[C@@H](C)C#N)c2C1. The molecule has 0 radical (unpaired) electrons. The molecule has 3 aromatic rings. The van der Waals surface area contributed by atoms with Gasteiger partial charge in [0.05, 0.1) is 16.8 Å². The molecule has 0 aliphatic heterocycles. The van der Waals surface area contributed by atoms with Gasteiger partial charge in [-0.3, -0.25) is 0 Å². The lowest BCUT2D eigenvalue weighted by molar-refractivity contribution is 0.0436. The van der Waals surface area contributed by atoms with E-state index in [2.05, 4.69) is 25.1 Å². The molecule has 1 heterocycles. The minimum atomic E-state index is -0.801. The van der Waals surface area contributed by atoms with E-state index in [0.29, 0.717) is 11.5 Å². The highest BCUT2D eigenvalue weighted by Gasteiger charge is 2.29. The van der Waals surface area contributed by atoms with Gasteiger partial charge < -0.3 is 4.74 Å². The van der Waals surface area contributed by atoms with Gasteiger partial charge in [0.25, 0.3) is 0 Å². The highest BCUT2D eigenvalue weighted by atomic mass is 16.5. The number of fused-ring (bicyclic) bond motifs is 2. The van der Waals surface area contributed by atoms with Crippen molar-refractivity contribution >= 4 is 28.5 Å². The van der Waals surface area contributed by atoms with Gasteiger partial charge in [0.15, 0.2) is 6.10 Å². The minimum Gasteiger partial charge on any atom is -0.444 e. The first-order valence-electron chi connectivity index (χ1n) is 9.85. The number of para-hydroxylation sites is 1. The van der Waals surface area contributed by atoms with Crippen molar-refractivity contribution < 1.29 is 9.53 Å². The molecular formula is C25H22N2O2. The van der Waals surface area contributed by atoms with Crippen molar-refractivity contribution in [2.24, 2.45) is 5.92 Å². The Kier molecular flexibility index (Phi) is 5.14. The van der Waals surface area contributed by atoms with Gasteiger partial charge in [-0.25, -0.2) is 9.78 Å². The Morgan fingerprint density at radius 2 is 1.90 bits per heavy atom. The second-order valence-corrected chi connectivity index (χ2v) is 7.60. The number of benzene rings is 2. The van der Waals surface area contributed by atoms with Crippen LogP contribution in [0.2, 0.25) is 0 Å². The van der Waals surface area contributed by atoms with E-state index < -0.39 is 12.1 Å². The largest absolute Gasteiger partial charge is 0.444 e. The van der Waals surface area contributed by atoms with Crippen molar-refractivity contribution in [3.8, 4) is 6.07 Å². The predicted molar refractivity (Wildman–Crippen MR) is 114 cm³/mol. The van der Waals surface area contributed by atoms with Gasteiger partial charge in [-0.05, 0) is 54.5 Å². The van der Waals surface area contributed by atoms with E-state index in [-0.39, 0.29) is 0 Å². The lowest BCUT2D eigenvalue weighted by Gasteiger charge is -2.26. The van der Waals surface area contributed by atoms with Gasteiger partial charge >= 0.3 is 5.97 Å². The number of nitriles is 1. The molecule has 0 amide bonds. The first-order chi connectivity index (χ1) is 14.1. The van der Waals surface area contributed by atoms with Crippen molar-refractivity contribution in [1.29, 1.82) is 5.26 Å². The monoisotopic (exact) mass is 382 g/mol. The Morgan fingerprint density at radius 1 is 1.17 bits per heavy atom. The number of aromatic nitrogens is 1. The summed E-state index contributed by atoms with van der Waals surface area (Å²) in [4.78, 5) is 18.0. The molecular weight excluding hydrogens is 360 g/mol. The smallest absolute Gasteiger partial charge is 0.340 e. The number of hydrogen-bond donors (Lipinski definition) is 0. The maximum Gasteiger partial charge on any atom is 0.340 e. The quantitative estimate of drug-likeness (QED) is 0.567. The fraction of sp³-hybridized carbons (Fsp3) is 0.240. The number of carbonyl (C=O) groups is 1. The average Bonchev–Trinajstić information content (AvgIpc) is 2.72. The van der Waals surface area contributed by atoms with Gasteiger partial charge in [-0.15, -0.1) is 0 Å². The molecule has 0 saturated carbocycles. The summed E-state index contributed by atoms with van der Waals surface area (Å²) in [5.41, 5.74) is 5.31. The second-order valence-electron chi connectivity index (χ2n) is 7.60. The topological polar surface area (TPSA) is 63.0 Å². The maximum absolute atomic E-state index is 13.1. The van der Waals surface area contributed by atoms with Crippen LogP contribution in [-0.4, -0.2) is 17.1 Å². The number of pyridine rings is 1. The lowest BCUT2D eigenvalue weighted by Crippen LogP contribution is -2.21. The summed E-state index contributed by atoms with van der Waals surface area (Å²) in [6, 6.07) is 19.8. The standard InChI is InChI=1S/C25H22N2O2/c1-16-12-19(14-18-8-4-3-5-9-18)24-21(13-16)23(25(28)29-17(2)15-26)20-10-6-7-11-22(20)27-24/h3-11,14,16-17H,12-13H2,1-2H3/b19-14+/t16-,17-/m0/s1. The Hall–Kier alpha value is -3.45. The van der Waals surface area contributed by atoms with Gasteiger partial charge in [-0.2, -0.15) is 5.26 Å². The summed E-state index contributed by atoms with van der Waals surface area (Å²) in [5, 5.41) is 9.85. The second kappa shape index (κ2) is 7.89. The van der Waals surface area contributed by atoms with Gasteiger partial charge in [0.2, 0.25) is 0 Å². The maximum atomic E-state index is 13.1. The number of esters is 1. The van der Waals surface area contributed by atoms with E-state index in [0.717, 1.165) is 46.1 Å². The number of nitrogens with zero attached hydrogens (tertiary/aromatic N) is 2. The number of rotatable bonds is 3. The van der Waals surface area contributed by atoms with Gasteiger partial charge in [0.1, 0.15) is 6.07 Å².